The maximum absolute atomic E-state index is 12.4. The van der Waals surface area contributed by atoms with E-state index in [9.17, 15) is 4.79 Å². The molecule has 0 radical (unpaired) electrons. The van der Waals surface area contributed by atoms with E-state index in [1.807, 2.05) is 53.1 Å². The highest BCUT2D eigenvalue weighted by molar-refractivity contribution is 7.99. The van der Waals surface area contributed by atoms with Gasteiger partial charge in [-0.2, -0.15) is 15.0 Å². The Morgan fingerprint density at radius 2 is 2.00 bits per heavy atom. The first-order valence-corrected chi connectivity index (χ1v) is 8.98. The number of nitrogens with zero attached hydrogens (tertiary/aromatic N) is 4. The predicted octanol–water partition coefficient (Wildman–Crippen LogP) is 2.40. The number of aromatic nitrogens is 3. The lowest BCUT2D eigenvalue weighted by molar-refractivity contribution is -0.115. The summed E-state index contributed by atoms with van der Waals surface area (Å²) in [5.41, 5.74) is 8.77. The van der Waals surface area contributed by atoms with Gasteiger partial charge >= 0.3 is 0 Å². The molecular formula is C17H24N6OS. The van der Waals surface area contributed by atoms with Crippen LogP contribution in [0.4, 0.5) is 17.6 Å². The fourth-order valence-electron chi connectivity index (χ4n) is 2.15. The quantitative estimate of drug-likeness (QED) is 0.816. The zero-order chi connectivity index (χ0) is 18.6. The summed E-state index contributed by atoms with van der Waals surface area (Å²) in [7, 11) is 3.68. The Labute approximate surface area is 152 Å². The van der Waals surface area contributed by atoms with Crippen molar-refractivity contribution in [1.29, 1.82) is 0 Å². The highest BCUT2D eigenvalue weighted by atomic mass is 32.2. The second kappa shape index (κ2) is 8.15. The van der Waals surface area contributed by atoms with Crippen LogP contribution in [-0.4, -0.2) is 40.2 Å². The van der Waals surface area contributed by atoms with E-state index in [4.69, 9.17) is 5.73 Å². The maximum Gasteiger partial charge on any atom is 0.237 e. The van der Waals surface area contributed by atoms with Gasteiger partial charge in [0.15, 0.2) is 0 Å². The summed E-state index contributed by atoms with van der Waals surface area (Å²) in [6.07, 6.45) is 0. The van der Waals surface area contributed by atoms with E-state index >= 15 is 0 Å². The zero-order valence-corrected chi connectivity index (χ0v) is 16.0. The van der Waals surface area contributed by atoms with Gasteiger partial charge in [0.05, 0.1) is 11.0 Å². The van der Waals surface area contributed by atoms with Crippen LogP contribution >= 0.6 is 11.8 Å². The van der Waals surface area contributed by atoms with E-state index in [0.29, 0.717) is 17.5 Å². The van der Waals surface area contributed by atoms with E-state index in [1.54, 1.807) is 4.90 Å². The minimum Gasteiger partial charge on any atom is -0.368 e. The number of anilines is 3. The minimum atomic E-state index is -0.249. The molecule has 1 amide bonds. The fourth-order valence-corrected chi connectivity index (χ4v) is 2.89. The van der Waals surface area contributed by atoms with Crippen molar-refractivity contribution in [1.82, 2.24) is 15.0 Å². The molecule has 2 rings (SSSR count). The molecule has 3 N–H and O–H groups in total. The summed E-state index contributed by atoms with van der Waals surface area (Å²) < 4.78 is 0. The van der Waals surface area contributed by atoms with Gasteiger partial charge in [0, 0.05) is 19.8 Å². The van der Waals surface area contributed by atoms with Crippen LogP contribution in [0.1, 0.15) is 23.9 Å². The Balaban J connectivity index is 1.97. The fraction of sp³-hybridized carbons (Fsp3) is 0.412. The highest BCUT2D eigenvalue weighted by Gasteiger charge is 2.16. The smallest absolute Gasteiger partial charge is 0.237 e. The number of carbonyl (C=O) groups excluding carboxylic acids is 1. The van der Waals surface area contributed by atoms with Crippen LogP contribution in [0.15, 0.2) is 18.2 Å². The van der Waals surface area contributed by atoms with Gasteiger partial charge in [-0.3, -0.25) is 4.79 Å². The average molecular weight is 360 g/mol. The lowest BCUT2D eigenvalue weighted by Crippen LogP contribution is -2.23. The molecule has 0 saturated carbocycles. The number of rotatable bonds is 6. The first kappa shape index (κ1) is 19.0. The molecule has 134 valence electrons. The molecule has 0 aliphatic rings. The Bertz CT molecular complexity index is 765. The van der Waals surface area contributed by atoms with Gasteiger partial charge in [-0.05, 0) is 32.4 Å². The first-order valence-electron chi connectivity index (χ1n) is 7.93. The van der Waals surface area contributed by atoms with Crippen LogP contribution in [-0.2, 0) is 10.5 Å². The Morgan fingerprint density at radius 3 is 2.64 bits per heavy atom. The lowest BCUT2D eigenvalue weighted by atomic mass is 10.1. The molecule has 0 aliphatic carbocycles. The maximum atomic E-state index is 12.4. The summed E-state index contributed by atoms with van der Waals surface area (Å²) in [4.78, 5) is 26.7. The van der Waals surface area contributed by atoms with Gasteiger partial charge in [-0.1, -0.05) is 17.7 Å². The molecule has 1 heterocycles. The predicted molar refractivity (Wildman–Crippen MR) is 104 cm³/mol. The second-order valence-electron chi connectivity index (χ2n) is 6.07. The molecule has 0 fully saturated rings. The number of aryl methyl sites for hydroxylation is 2. The Hall–Kier alpha value is -2.35. The van der Waals surface area contributed by atoms with Crippen LogP contribution in [0.2, 0.25) is 0 Å². The third-order valence-electron chi connectivity index (χ3n) is 3.56. The molecule has 7 nitrogen and oxygen atoms in total. The van der Waals surface area contributed by atoms with Crippen molar-refractivity contribution in [2.24, 2.45) is 0 Å². The van der Waals surface area contributed by atoms with Crippen LogP contribution in [0, 0.1) is 13.8 Å². The standard InChI is InChI=1S/C17H24N6OS/c1-10-6-7-13(11(2)8-10)19-15(24)12(3)25-9-14-20-16(18)22-17(21-14)23(4)5/h6-8,12H,9H2,1-5H3,(H,19,24)(H2,18,20,21,22)/t12-/m1/s1. The number of benzene rings is 1. The van der Waals surface area contributed by atoms with Crippen LogP contribution < -0.4 is 16.0 Å². The molecule has 2 aromatic rings. The molecule has 0 spiro atoms. The normalized spacial score (nSPS) is 11.9. The third kappa shape index (κ3) is 5.32. The van der Waals surface area contributed by atoms with Crippen molar-refractivity contribution in [2.75, 3.05) is 30.0 Å². The molecule has 1 aromatic heterocycles. The number of hydrogen-bond donors (Lipinski definition) is 2. The molecule has 8 heteroatoms. The van der Waals surface area contributed by atoms with Crippen molar-refractivity contribution in [3.8, 4) is 0 Å². The van der Waals surface area contributed by atoms with Crippen LogP contribution in [0.3, 0.4) is 0 Å². The van der Waals surface area contributed by atoms with Crippen molar-refractivity contribution >= 4 is 35.3 Å². The first-order chi connectivity index (χ1) is 11.8. The summed E-state index contributed by atoms with van der Waals surface area (Å²) in [6, 6.07) is 5.95. The van der Waals surface area contributed by atoms with Gasteiger partial charge in [-0.15, -0.1) is 11.8 Å². The minimum absolute atomic E-state index is 0.0492. The number of nitrogens with two attached hydrogens (primary N) is 1. The SMILES string of the molecule is Cc1ccc(NC(=O)[C@@H](C)SCc2nc(N)nc(N(C)C)n2)c(C)c1. The van der Waals surface area contributed by atoms with E-state index in [0.717, 1.165) is 11.3 Å². The molecule has 0 aliphatic heterocycles. The van der Waals surface area contributed by atoms with Gasteiger partial charge in [0.1, 0.15) is 5.82 Å². The average Bonchev–Trinajstić information content (AvgIpc) is 2.54. The van der Waals surface area contributed by atoms with Gasteiger partial charge < -0.3 is 16.0 Å². The highest BCUT2D eigenvalue weighted by Crippen LogP contribution is 2.21. The molecule has 25 heavy (non-hydrogen) atoms. The number of hydrogen-bond acceptors (Lipinski definition) is 7. The molecule has 1 atom stereocenters. The van der Waals surface area contributed by atoms with Gasteiger partial charge in [0.25, 0.3) is 0 Å². The van der Waals surface area contributed by atoms with Crippen molar-refractivity contribution in [3.63, 3.8) is 0 Å². The van der Waals surface area contributed by atoms with Crippen molar-refractivity contribution in [3.05, 3.63) is 35.2 Å². The number of carbonyl (C=O) groups is 1. The Morgan fingerprint density at radius 1 is 1.28 bits per heavy atom. The summed E-state index contributed by atoms with van der Waals surface area (Å²) >= 11 is 1.46. The summed E-state index contributed by atoms with van der Waals surface area (Å²) in [5.74, 6) is 1.69. The summed E-state index contributed by atoms with van der Waals surface area (Å²) in [6.45, 7) is 5.87. The van der Waals surface area contributed by atoms with Crippen molar-refractivity contribution in [2.45, 2.75) is 31.8 Å². The zero-order valence-electron chi connectivity index (χ0n) is 15.2. The number of amides is 1. The summed E-state index contributed by atoms with van der Waals surface area (Å²) in [5, 5.41) is 2.72. The molecule has 0 saturated heterocycles. The number of nitrogen functional groups attached to an aromatic ring is 1. The monoisotopic (exact) mass is 360 g/mol. The van der Waals surface area contributed by atoms with Gasteiger partial charge in [0.2, 0.25) is 17.8 Å². The van der Waals surface area contributed by atoms with E-state index < -0.39 is 0 Å². The lowest BCUT2D eigenvalue weighted by Gasteiger charge is -2.14. The van der Waals surface area contributed by atoms with E-state index in [1.165, 1.54) is 17.3 Å². The largest absolute Gasteiger partial charge is 0.368 e. The van der Waals surface area contributed by atoms with Crippen LogP contribution in [0.5, 0.6) is 0 Å². The number of nitrogens with one attached hydrogen (secondary N) is 1. The molecule has 1 aromatic carbocycles. The Kier molecular flexibility index (Phi) is 6.19. The van der Waals surface area contributed by atoms with Crippen LogP contribution in [0.25, 0.3) is 0 Å². The van der Waals surface area contributed by atoms with Crippen molar-refractivity contribution < 1.29 is 4.79 Å². The molecule has 0 bridgehead atoms. The second-order valence-corrected chi connectivity index (χ2v) is 7.39. The topological polar surface area (TPSA) is 97.0 Å². The number of thioether (sulfide) groups is 1. The van der Waals surface area contributed by atoms with Gasteiger partial charge in [-0.25, -0.2) is 0 Å². The van der Waals surface area contributed by atoms with E-state index in [-0.39, 0.29) is 17.1 Å². The van der Waals surface area contributed by atoms with E-state index in [2.05, 4.69) is 20.3 Å². The molecule has 0 unspecified atom stereocenters. The molecular weight excluding hydrogens is 336 g/mol. The third-order valence-corrected chi connectivity index (χ3v) is 4.70.